The zero-order chi connectivity index (χ0) is 13.5. The predicted octanol–water partition coefficient (Wildman–Crippen LogP) is 4.94. The van der Waals surface area contributed by atoms with Crippen molar-refractivity contribution in [2.75, 3.05) is 6.54 Å². The van der Waals surface area contributed by atoms with Crippen LogP contribution in [-0.2, 0) is 6.42 Å². The van der Waals surface area contributed by atoms with Gasteiger partial charge in [-0.3, -0.25) is 0 Å². The van der Waals surface area contributed by atoms with Gasteiger partial charge in [0.05, 0.1) is 0 Å². The molecule has 1 unspecified atom stereocenters. The van der Waals surface area contributed by atoms with Gasteiger partial charge < -0.3 is 5.32 Å². The lowest BCUT2D eigenvalue weighted by Gasteiger charge is -2.31. The largest absolute Gasteiger partial charge is 0.313 e. The normalized spacial score (nSPS) is 18.4. The Balaban J connectivity index is 1.97. The zero-order valence-electron chi connectivity index (χ0n) is 12.0. The van der Waals surface area contributed by atoms with Crippen LogP contribution in [0.3, 0.4) is 0 Å². The second kappa shape index (κ2) is 8.06. The van der Waals surface area contributed by atoms with Crippen LogP contribution in [0.2, 0.25) is 0 Å². The van der Waals surface area contributed by atoms with E-state index in [1.165, 1.54) is 55.0 Å². The van der Waals surface area contributed by atoms with Gasteiger partial charge in [-0.25, -0.2) is 0 Å². The molecule has 1 fully saturated rings. The summed E-state index contributed by atoms with van der Waals surface area (Å²) in [4.78, 5) is 0. The van der Waals surface area contributed by atoms with Gasteiger partial charge in [0, 0.05) is 10.5 Å². The van der Waals surface area contributed by atoms with Gasteiger partial charge >= 0.3 is 0 Å². The maximum atomic E-state index is 3.79. The highest BCUT2D eigenvalue weighted by Crippen LogP contribution is 2.28. The standard InChI is InChI=1S/C17H26BrN/c1-2-12-19-17(15-6-4-3-5-7-15)13-14-8-10-16(18)11-9-14/h8-11,15,17,19H,2-7,12-13H2,1H3. The van der Waals surface area contributed by atoms with Crippen molar-refractivity contribution in [1.82, 2.24) is 5.32 Å². The van der Waals surface area contributed by atoms with Gasteiger partial charge in [-0.15, -0.1) is 0 Å². The van der Waals surface area contributed by atoms with E-state index in [4.69, 9.17) is 0 Å². The summed E-state index contributed by atoms with van der Waals surface area (Å²) < 4.78 is 1.17. The fourth-order valence-corrected chi connectivity index (χ4v) is 3.41. The van der Waals surface area contributed by atoms with Gasteiger partial charge in [-0.2, -0.15) is 0 Å². The van der Waals surface area contributed by atoms with E-state index >= 15 is 0 Å². The fourth-order valence-electron chi connectivity index (χ4n) is 3.15. The molecule has 0 spiro atoms. The number of benzene rings is 1. The minimum absolute atomic E-state index is 0.668. The molecule has 1 atom stereocenters. The Bertz CT molecular complexity index is 354. The molecule has 0 saturated heterocycles. The predicted molar refractivity (Wildman–Crippen MR) is 86.5 cm³/mol. The van der Waals surface area contributed by atoms with Crippen molar-refractivity contribution >= 4 is 15.9 Å². The van der Waals surface area contributed by atoms with Crippen LogP contribution in [0.1, 0.15) is 51.0 Å². The minimum atomic E-state index is 0.668. The van der Waals surface area contributed by atoms with E-state index < -0.39 is 0 Å². The maximum absolute atomic E-state index is 3.79. The Morgan fingerprint density at radius 2 is 1.84 bits per heavy atom. The molecule has 0 aliphatic heterocycles. The molecule has 106 valence electrons. The Morgan fingerprint density at radius 1 is 1.16 bits per heavy atom. The first-order valence-electron chi connectivity index (χ1n) is 7.77. The Labute approximate surface area is 126 Å². The summed E-state index contributed by atoms with van der Waals surface area (Å²) in [5, 5.41) is 3.79. The summed E-state index contributed by atoms with van der Waals surface area (Å²) in [5.41, 5.74) is 1.46. The third kappa shape index (κ3) is 4.92. The van der Waals surface area contributed by atoms with Gasteiger partial charge in [0.1, 0.15) is 0 Å². The molecule has 1 aliphatic carbocycles. The molecule has 0 amide bonds. The number of rotatable bonds is 6. The van der Waals surface area contributed by atoms with Gasteiger partial charge in [0.2, 0.25) is 0 Å². The van der Waals surface area contributed by atoms with Crippen molar-refractivity contribution in [2.24, 2.45) is 5.92 Å². The second-order valence-corrected chi connectivity index (χ2v) is 6.70. The lowest BCUT2D eigenvalue weighted by molar-refractivity contribution is 0.267. The SMILES string of the molecule is CCCNC(Cc1ccc(Br)cc1)C1CCCCC1. The van der Waals surface area contributed by atoms with Gasteiger partial charge in [-0.1, -0.05) is 54.2 Å². The van der Waals surface area contributed by atoms with Crippen LogP contribution in [0.5, 0.6) is 0 Å². The van der Waals surface area contributed by atoms with Crippen LogP contribution < -0.4 is 5.32 Å². The summed E-state index contributed by atoms with van der Waals surface area (Å²) in [7, 11) is 0. The molecular formula is C17H26BrN. The van der Waals surface area contributed by atoms with Crippen molar-refractivity contribution in [3.63, 3.8) is 0 Å². The van der Waals surface area contributed by atoms with E-state index in [9.17, 15) is 0 Å². The topological polar surface area (TPSA) is 12.0 Å². The molecule has 1 saturated carbocycles. The van der Waals surface area contributed by atoms with Crippen LogP contribution in [-0.4, -0.2) is 12.6 Å². The highest BCUT2D eigenvalue weighted by molar-refractivity contribution is 9.10. The monoisotopic (exact) mass is 323 g/mol. The highest BCUT2D eigenvalue weighted by Gasteiger charge is 2.23. The highest BCUT2D eigenvalue weighted by atomic mass is 79.9. The first kappa shape index (κ1) is 15.1. The molecule has 0 bridgehead atoms. The van der Waals surface area contributed by atoms with Gasteiger partial charge in [-0.05, 0) is 55.8 Å². The number of hydrogen-bond donors (Lipinski definition) is 1. The average Bonchev–Trinajstić information content (AvgIpc) is 2.46. The molecular weight excluding hydrogens is 298 g/mol. The lowest BCUT2D eigenvalue weighted by atomic mass is 9.81. The van der Waals surface area contributed by atoms with Gasteiger partial charge in [0.25, 0.3) is 0 Å². The third-order valence-corrected chi connectivity index (χ3v) is 4.77. The first-order chi connectivity index (χ1) is 9.29. The summed E-state index contributed by atoms with van der Waals surface area (Å²) >= 11 is 3.51. The number of nitrogens with one attached hydrogen (secondary N) is 1. The summed E-state index contributed by atoms with van der Waals surface area (Å²) in [6, 6.07) is 9.50. The molecule has 1 aliphatic rings. The Hall–Kier alpha value is -0.340. The molecule has 0 aromatic heterocycles. The summed E-state index contributed by atoms with van der Waals surface area (Å²) in [5.74, 6) is 0.879. The second-order valence-electron chi connectivity index (χ2n) is 5.79. The smallest absolute Gasteiger partial charge is 0.0175 e. The maximum Gasteiger partial charge on any atom is 0.0175 e. The quantitative estimate of drug-likeness (QED) is 0.781. The van der Waals surface area contributed by atoms with Crippen LogP contribution in [0.15, 0.2) is 28.7 Å². The van der Waals surface area contributed by atoms with Crippen molar-refractivity contribution in [1.29, 1.82) is 0 Å². The van der Waals surface area contributed by atoms with Crippen LogP contribution in [0, 0.1) is 5.92 Å². The Kier molecular flexibility index (Phi) is 6.39. The van der Waals surface area contributed by atoms with E-state index in [0.717, 1.165) is 12.5 Å². The molecule has 1 aromatic carbocycles. The van der Waals surface area contributed by atoms with Crippen LogP contribution in [0.25, 0.3) is 0 Å². The minimum Gasteiger partial charge on any atom is -0.313 e. The van der Waals surface area contributed by atoms with Crippen molar-refractivity contribution in [3.8, 4) is 0 Å². The number of halogens is 1. The molecule has 0 radical (unpaired) electrons. The summed E-state index contributed by atoms with van der Waals surface area (Å²) in [6.45, 7) is 3.41. The van der Waals surface area contributed by atoms with Crippen molar-refractivity contribution in [2.45, 2.75) is 57.9 Å². The number of hydrogen-bond acceptors (Lipinski definition) is 1. The first-order valence-corrected chi connectivity index (χ1v) is 8.56. The Morgan fingerprint density at radius 3 is 2.47 bits per heavy atom. The molecule has 2 rings (SSSR count). The fraction of sp³-hybridized carbons (Fsp3) is 0.647. The molecule has 0 heterocycles. The van der Waals surface area contributed by atoms with E-state index in [-0.39, 0.29) is 0 Å². The van der Waals surface area contributed by atoms with Crippen LogP contribution in [0.4, 0.5) is 0 Å². The molecule has 19 heavy (non-hydrogen) atoms. The molecule has 1 aromatic rings. The molecule has 2 heteroatoms. The van der Waals surface area contributed by atoms with Crippen molar-refractivity contribution in [3.05, 3.63) is 34.3 Å². The van der Waals surface area contributed by atoms with E-state index in [1.807, 2.05) is 0 Å². The van der Waals surface area contributed by atoms with E-state index in [2.05, 4.69) is 52.4 Å². The van der Waals surface area contributed by atoms with E-state index in [0.29, 0.717) is 6.04 Å². The van der Waals surface area contributed by atoms with E-state index in [1.54, 1.807) is 0 Å². The lowest BCUT2D eigenvalue weighted by Crippen LogP contribution is -2.39. The van der Waals surface area contributed by atoms with Crippen LogP contribution >= 0.6 is 15.9 Å². The summed E-state index contributed by atoms with van der Waals surface area (Å²) in [6.07, 6.45) is 9.53. The molecule has 1 N–H and O–H groups in total. The zero-order valence-corrected chi connectivity index (χ0v) is 13.6. The van der Waals surface area contributed by atoms with Gasteiger partial charge in [0.15, 0.2) is 0 Å². The van der Waals surface area contributed by atoms with Crippen molar-refractivity contribution < 1.29 is 0 Å². The third-order valence-electron chi connectivity index (χ3n) is 4.24. The molecule has 1 nitrogen and oxygen atoms in total. The average molecular weight is 324 g/mol.